The standard InChI is InChI=1S/C28H30N4O4S2/c1-20-9-12-23(13-10-20)38(34,35)32(16-15-21-7-5-4-6-8-21)18-27(33)30-24-17-22(11-14-26(24)36-3)25-19-37-28(29-2)31-25/h4-14,17,19H,15-16,18H2,1-3H3,(H,29,31)(H,30,33). The Morgan fingerprint density at radius 3 is 2.45 bits per heavy atom. The van der Waals surface area contributed by atoms with Crippen LogP contribution in [0, 0.1) is 6.92 Å². The van der Waals surface area contributed by atoms with Gasteiger partial charge in [-0.05, 0) is 49.2 Å². The summed E-state index contributed by atoms with van der Waals surface area (Å²) in [5.74, 6) is -0.0122. The van der Waals surface area contributed by atoms with E-state index in [1.54, 1.807) is 43.4 Å². The van der Waals surface area contributed by atoms with Gasteiger partial charge in [-0.3, -0.25) is 4.79 Å². The van der Waals surface area contributed by atoms with Crippen LogP contribution in [-0.4, -0.2) is 50.9 Å². The molecule has 0 atom stereocenters. The van der Waals surface area contributed by atoms with Crippen molar-refractivity contribution >= 4 is 38.1 Å². The molecule has 0 bridgehead atoms. The number of sulfonamides is 1. The van der Waals surface area contributed by atoms with Gasteiger partial charge in [0.25, 0.3) is 0 Å². The van der Waals surface area contributed by atoms with Crippen molar-refractivity contribution < 1.29 is 17.9 Å². The molecule has 8 nitrogen and oxygen atoms in total. The monoisotopic (exact) mass is 550 g/mol. The third-order valence-electron chi connectivity index (χ3n) is 5.96. The van der Waals surface area contributed by atoms with E-state index in [0.717, 1.165) is 27.5 Å². The van der Waals surface area contributed by atoms with Gasteiger partial charge < -0.3 is 15.4 Å². The molecular weight excluding hydrogens is 520 g/mol. The van der Waals surface area contributed by atoms with Crippen molar-refractivity contribution in [1.29, 1.82) is 0 Å². The van der Waals surface area contributed by atoms with Gasteiger partial charge in [-0.2, -0.15) is 4.31 Å². The normalized spacial score (nSPS) is 11.4. The molecule has 3 aromatic carbocycles. The molecule has 198 valence electrons. The molecule has 4 rings (SSSR count). The van der Waals surface area contributed by atoms with Gasteiger partial charge in [0.15, 0.2) is 5.13 Å². The van der Waals surface area contributed by atoms with Crippen LogP contribution in [0.3, 0.4) is 0 Å². The lowest BCUT2D eigenvalue weighted by Crippen LogP contribution is -2.39. The molecule has 2 N–H and O–H groups in total. The number of nitrogens with zero attached hydrogens (tertiary/aromatic N) is 2. The van der Waals surface area contributed by atoms with Crippen molar-refractivity contribution in [3.8, 4) is 17.0 Å². The number of aryl methyl sites for hydroxylation is 1. The lowest BCUT2D eigenvalue weighted by Gasteiger charge is -2.22. The zero-order valence-electron chi connectivity index (χ0n) is 21.5. The van der Waals surface area contributed by atoms with Crippen molar-refractivity contribution in [2.75, 3.05) is 37.9 Å². The molecule has 0 fully saturated rings. The molecule has 38 heavy (non-hydrogen) atoms. The molecule has 0 saturated heterocycles. The fraction of sp³-hybridized carbons (Fsp3) is 0.214. The molecule has 4 aromatic rings. The molecule has 0 spiro atoms. The summed E-state index contributed by atoms with van der Waals surface area (Å²) in [5.41, 5.74) is 3.92. The smallest absolute Gasteiger partial charge is 0.243 e. The van der Waals surface area contributed by atoms with Crippen molar-refractivity contribution in [3.63, 3.8) is 0 Å². The number of ether oxygens (including phenoxy) is 1. The van der Waals surface area contributed by atoms with Crippen molar-refractivity contribution in [2.24, 2.45) is 0 Å². The molecule has 1 amide bonds. The fourth-order valence-corrected chi connectivity index (χ4v) is 5.96. The first kappa shape index (κ1) is 27.3. The molecule has 0 saturated carbocycles. The zero-order valence-corrected chi connectivity index (χ0v) is 23.1. The molecule has 1 heterocycles. The summed E-state index contributed by atoms with van der Waals surface area (Å²) < 4.78 is 33.8. The first-order valence-corrected chi connectivity index (χ1v) is 14.3. The van der Waals surface area contributed by atoms with Crippen molar-refractivity contribution in [1.82, 2.24) is 9.29 Å². The predicted molar refractivity (Wildman–Crippen MR) is 152 cm³/mol. The number of aromatic nitrogens is 1. The molecular formula is C28H30N4O4S2. The van der Waals surface area contributed by atoms with Gasteiger partial charge in [-0.25, -0.2) is 13.4 Å². The summed E-state index contributed by atoms with van der Waals surface area (Å²) in [6.07, 6.45) is 0.468. The second-order valence-corrected chi connectivity index (χ2v) is 11.4. The average molecular weight is 551 g/mol. The van der Waals surface area contributed by atoms with Gasteiger partial charge >= 0.3 is 0 Å². The minimum absolute atomic E-state index is 0.146. The van der Waals surface area contributed by atoms with E-state index >= 15 is 0 Å². The van der Waals surface area contributed by atoms with Crippen LogP contribution in [0.1, 0.15) is 11.1 Å². The first-order chi connectivity index (χ1) is 18.3. The van der Waals surface area contributed by atoms with Gasteiger partial charge in [0.2, 0.25) is 15.9 Å². The molecule has 0 radical (unpaired) electrons. The Hall–Kier alpha value is -3.73. The van der Waals surface area contributed by atoms with Gasteiger partial charge in [0.1, 0.15) is 5.75 Å². The maximum Gasteiger partial charge on any atom is 0.243 e. The van der Waals surface area contributed by atoms with E-state index < -0.39 is 15.9 Å². The van der Waals surface area contributed by atoms with E-state index in [-0.39, 0.29) is 18.0 Å². The van der Waals surface area contributed by atoms with Crippen LogP contribution >= 0.6 is 11.3 Å². The highest BCUT2D eigenvalue weighted by atomic mass is 32.2. The highest BCUT2D eigenvalue weighted by molar-refractivity contribution is 7.89. The molecule has 0 unspecified atom stereocenters. The number of anilines is 2. The fourth-order valence-electron chi connectivity index (χ4n) is 3.88. The largest absolute Gasteiger partial charge is 0.495 e. The Morgan fingerprint density at radius 2 is 1.79 bits per heavy atom. The van der Waals surface area contributed by atoms with Gasteiger partial charge in [-0.1, -0.05) is 48.0 Å². The summed E-state index contributed by atoms with van der Waals surface area (Å²) in [6, 6.07) is 21.6. The van der Waals surface area contributed by atoms with E-state index in [4.69, 9.17) is 4.74 Å². The Labute approximate surface area is 227 Å². The summed E-state index contributed by atoms with van der Waals surface area (Å²) >= 11 is 1.47. The molecule has 1 aromatic heterocycles. The predicted octanol–water partition coefficient (Wildman–Crippen LogP) is 5.04. The topological polar surface area (TPSA) is 101 Å². The van der Waals surface area contributed by atoms with Crippen molar-refractivity contribution in [3.05, 3.63) is 89.3 Å². The molecule has 0 aliphatic heterocycles. The number of hydrogen-bond donors (Lipinski definition) is 2. The quantitative estimate of drug-likeness (QED) is 0.271. The van der Waals surface area contributed by atoms with Gasteiger partial charge in [-0.15, -0.1) is 11.3 Å². The Morgan fingerprint density at radius 1 is 1.05 bits per heavy atom. The van der Waals surface area contributed by atoms with Gasteiger partial charge in [0.05, 0.1) is 29.9 Å². The maximum atomic E-state index is 13.6. The van der Waals surface area contributed by atoms with E-state index in [0.29, 0.717) is 17.9 Å². The number of nitrogens with one attached hydrogen (secondary N) is 2. The van der Waals surface area contributed by atoms with Crippen LogP contribution in [-0.2, 0) is 21.2 Å². The Kier molecular flexibility index (Phi) is 8.77. The van der Waals surface area contributed by atoms with Crippen LogP contribution in [0.5, 0.6) is 5.75 Å². The van der Waals surface area contributed by atoms with E-state index in [1.807, 2.05) is 48.7 Å². The zero-order chi connectivity index (χ0) is 27.1. The summed E-state index contributed by atoms with van der Waals surface area (Å²) in [6.45, 7) is 1.69. The summed E-state index contributed by atoms with van der Waals surface area (Å²) in [4.78, 5) is 17.9. The third-order valence-corrected chi connectivity index (χ3v) is 8.68. The number of benzene rings is 3. The average Bonchev–Trinajstić information content (AvgIpc) is 3.41. The number of hydrogen-bond acceptors (Lipinski definition) is 7. The Balaban J connectivity index is 1.58. The van der Waals surface area contributed by atoms with Crippen LogP contribution < -0.4 is 15.4 Å². The second-order valence-electron chi connectivity index (χ2n) is 8.64. The second kappa shape index (κ2) is 12.2. The van der Waals surface area contributed by atoms with E-state index in [9.17, 15) is 13.2 Å². The van der Waals surface area contributed by atoms with Crippen LogP contribution in [0.2, 0.25) is 0 Å². The molecule has 10 heteroatoms. The first-order valence-electron chi connectivity index (χ1n) is 12.0. The van der Waals surface area contributed by atoms with Crippen LogP contribution in [0.25, 0.3) is 11.3 Å². The van der Waals surface area contributed by atoms with Crippen LogP contribution in [0.15, 0.2) is 83.1 Å². The number of carbonyl (C=O) groups excluding carboxylic acids is 1. The van der Waals surface area contributed by atoms with Crippen LogP contribution in [0.4, 0.5) is 10.8 Å². The number of methoxy groups -OCH3 is 1. The SMILES string of the molecule is CNc1nc(-c2ccc(OC)c(NC(=O)CN(CCc3ccccc3)S(=O)(=O)c3ccc(C)cc3)c2)cs1. The third kappa shape index (κ3) is 6.58. The number of thiazole rings is 1. The lowest BCUT2D eigenvalue weighted by atomic mass is 10.1. The number of amides is 1. The summed E-state index contributed by atoms with van der Waals surface area (Å²) in [5, 5.41) is 8.55. The Bertz CT molecular complexity index is 1490. The maximum absolute atomic E-state index is 13.6. The number of carbonyl (C=O) groups is 1. The number of rotatable bonds is 11. The molecule has 0 aliphatic rings. The summed E-state index contributed by atoms with van der Waals surface area (Å²) in [7, 11) is -0.600. The highest BCUT2D eigenvalue weighted by Gasteiger charge is 2.27. The van der Waals surface area contributed by atoms with Gasteiger partial charge in [0, 0.05) is 24.5 Å². The highest BCUT2D eigenvalue weighted by Crippen LogP contribution is 2.32. The minimum Gasteiger partial charge on any atom is -0.495 e. The van der Waals surface area contributed by atoms with Crippen molar-refractivity contribution in [2.45, 2.75) is 18.2 Å². The molecule has 0 aliphatic carbocycles. The van der Waals surface area contributed by atoms with E-state index in [1.165, 1.54) is 22.8 Å². The lowest BCUT2D eigenvalue weighted by molar-refractivity contribution is -0.116. The minimum atomic E-state index is -3.92. The van der Waals surface area contributed by atoms with E-state index in [2.05, 4.69) is 15.6 Å².